The standard InChI is InChI=1S/C15H15F2N/c1-11(9-12-5-7-13(16)8-6-12)18-15-4-2-3-14(17)10-15/h2-8,10-11,18H,9H2,1H3. The molecule has 1 N–H and O–H groups in total. The third-order valence-corrected chi connectivity index (χ3v) is 2.69. The molecule has 0 amide bonds. The lowest BCUT2D eigenvalue weighted by Crippen LogP contribution is -2.18. The predicted octanol–water partition coefficient (Wildman–Crippen LogP) is 4.01. The van der Waals surface area contributed by atoms with Crippen LogP contribution in [0.15, 0.2) is 48.5 Å². The number of nitrogens with one attached hydrogen (secondary N) is 1. The molecule has 0 saturated heterocycles. The molecule has 2 aromatic rings. The summed E-state index contributed by atoms with van der Waals surface area (Å²) in [4.78, 5) is 0. The van der Waals surface area contributed by atoms with Crippen LogP contribution in [0.5, 0.6) is 0 Å². The van der Waals surface area contributed by atoms with Gasteiger partial charge in [0.05, 0.1) is 0 Å². The van der Waals surface area contributed by atoms with Crippen LogP contribution in [0.25, 0.3) is 0 Å². The van der Waals surface area contributed by atoms with Crippen LogP contribution in [0.4, 0.5) is 14.5 Å². The highest BCUT2D eigenvalue weighted by Crippen LogP contribution is 2.13. The molecule has 1 atom stereocenters. The van der Waals surface area contributed by atoms with Gasteiger partial charge in [0.15, 0.2) is 0 Å². The Balaban J connectivity index is 1.96. The minimum absolute atomic E-state index is 0.150. The van der Waals surface area contributed by atoms with Gasteiger partial charge in [-0.05, 0) is 49.2 Å². The summed E-state index contributed by atoms with van der Waals surface area (Å²) in [6, 6.07) is 12.9. The van der Waals surface area contributed by atoms with Gasteiger partial charge in [0.2, 0.25) is 0 Å². The van der Waals surface area contributed by atoms with E-state index in [1.807, 2.05) is 13.0 Å². The van der Waals surface area contributed by atoms with E-state index in [4.69, 9.17) is 0 Å². The average molecular weight is 247 g/mol. The Morgan fingerprint density at radius 1 is 1.00 bits per heavy atom. The molecule has 0 fully saturated rings. The van der Waals surface area contributed by atoms with Crippen LogP contribution in [-0.4, -0.2) is 6.04 Å². The van der Waals surface area contributed by atoms with Gasteiger partial charge in [-0.3, -0.25) is 0 Å². The fraction of sp³-hybridized carbons (Fsp3) is 0.200. The fourth-order valence-electron chi connectivity index (χ4n) is 1.89. The predicted molar refractivity (Wildman–Crippen MR) is 69.6 cm³/mol. The fourth-order valence-corrected chi connectivity index (χ4v) is 1.89. The number of hydrogen-bond acceptors (Lipinski definition) is 1. The minimum atomic E-state index is -0.256. The van der Waals surface area contributed by atoms with Crippen molar-refractivity contribution in [3.8, 4) is 0 Å². The lowest BCUT2D eigenvalue weighted by Gasteiger charge is -2.15. The van der Waals surface area contributed by atoms with E-state index in [1.54, 1.807) is 18.2 Å². The van der Waals surface area contributed by atoms with Gasteiger partial charge in [-0.15, -0.1) is 0 Å². The molecule has 0 spiro atoms. The van der Waals surface area contributed by atoms with Crippen LogP contribution >= 0.6 is 0 Å². The first-order valence-corrected chi connectivity index (χ1v) is 5.90. The van der Waals surface area contributed by atoms with Crippen molar-refractivity contribution in [2.24, 2.45) is 0 Å². The van der Waals surface area contributed by atoms with E-state index in [-0.39, 0.29) is 17.7 Å². The van der Waals surface area contributed by atoms with E-state index < -0.39 is 0 Å². The normalized spacial score (nSPS) is 12.2. The Morgan fingerprint density at radius 2 is 1.72 bits per heavy atom. The number of rotatable bonds is 4. The van der Waals surface area contributed by atoms with E-state index >= 15 is 0 Å². The number of hydrogen-bond donors (Lipinski definition) is 1. The zero-order valence-corrected chi connectivity index (χ0v) is 10.2. The second kappa shape index (κ2) is 5.63. The van der Waals surface area contributed by atoms with Crippen LogP contribution in [0.2, 0.25) is 0 Å². The van der Waals surface area contributed by atoms with Gasteiger partial charge in [-0.1, -0.05) is 18.2 Å². The van der Waals surface area contributed by atoms with Crippen molar-refractivity contribution in [2.75, 3.05) is 5.32 Å². The molecule has 94 valence electrons. The largest absolute Gasteiger partial charge is 0.382 e. The van der Waals surface area contributed by atoms with Gasteiger partial charge in [0.1, 0.15) is 11.6 Å². The van der Waals surface area contributed by atoms with Crippen LogP contribution in [0.1, 0.15) is 12.5 Å². The minimum Gasteiger partial charge on any atom is -0.382 e. The summed E-state index contributed by atoms with van der Waals surface area (Å²) >= 11 is 0. The second-order valence-electron chi connectivity index (χ2n) is 4.39. The van der Waals surface area contributed by atoms with Gasteiger partial charge in [0, 0.05) is 11.7 Å². The lowest BCUT2D eigenvalue weighted by molar-refractivity contribution is 0.625. The van der Waals surface area contributed by atoms with E-state index in [9.17, 15) is 8.78 Å². The molecule has 2 rings (SSSR count). The maximum atomic E-state index is 13.0. The summed E-state index contributed by atoms with van der Waals surface area (Å²) in [7, 11) is 0. The maximum absolute atomic E-state index is 13.0. The molecule has 2 aromatic carbocycles. The summed E-state index contributed by atoms with van der Waals surface area (Å²) in [6.45, 7) is 2.01. The first kappa shape index (κ1) is 12.6. The third-order valence-electron chi connectivity index (χ3n) is 2.69. The Hall–Kier alpha value is -1.90. The van der Waals surface area contributed by atoms with Crippen molar-refractivity contribution in [1.29, 1.82) is 0 Å². The van der Waals surface area contributed by atoms with Crippen LogP contribution < -0.4 is 5.32 Å². The monoisotopic (exact) mass is 247 g/mol. The number of anilines is 1. The first-order valence-electron chi connectivity index (χ1n) is 5.90. The van der Waals surface area contributed by atoms with Crippen molar-refractivity contribution in [3.05, 3.63) is 65.7 Å². The van der Waals surface area contributed by atoms with Gasteiger partial charge < -0.3 is 5.32 Å². The molecule has 3 heteroatoms. The Kier molecular flexibility index (Phi) is 3.92. The number of halogens is 2. The van der Waals surface area contributed by atoms with Gasteiger partial charge in [-0.2, -0.15) is 0 Å². The Labute approximate surface area is 105 Å². The molecule has 0 radical (unpaired) electrons. The van der Waals surface area contributed by atoms with Crippen molar-refractivity contribution in [2.45, 2.75) is 19.4 Å². The van der Waals surface area contributed by atoms with Gasteiger partial charge >= 0.3 is 0 Å². The van der Waals surface area contributed by atoms with E-state index in [2.05, 4.69) is 5.32 Å². The Bertz CT molecular complexity index is 508. The number of benzene rings is 2. The zero-order chi connectivity index (χ0) is 13.0. The zero-order valence-electron chi connectivity index (χ0n) is 10.2. The maximum Gasteiger partial charge on any atom is 0.125 e. The highest BCUT2D eigenvalue weighted by Gasteiger charge is 2.04. The quantitative estimate of drug-likeness (QED) is 0.860. The molecule has 18 heavy (non-hydrogen) atoms. The lowest BCUT2D eigenvalue weighted by atomic mass is 10.1. The summed E-state index contributed by atoms with van der Waals surface area (Å²) in [5.74, 6) is -0.488. The second-order valence-corrected chi connectivity index (χ2v) is 4.39. The van der Waals surface area contributed by atoms with Crippen LogP contribution in [0, 0.1) is 11.6 Å². The highest BCUT2D eigenvalue weighted by molar-refractivity contribution is 5.44. The molecular weight excluding hydrogens is 232 g/mol. The Morgan fingerprint density at radius 3 is 2.39 bits per heavy atom. The summed E-state index contributed by atoms with van der Waals surface area (Å²) < 4.78 is 25.8. The molecule has 0 aliphatic rings. The topological polar surface area (TPSA) is 12.0 Å². The molecule has 0 bridgehead atoms. The first-order chi connectivity index (χ1) is 8.63. The smallest absolute Gasteiger partial charge is 0.125 e. The van der Waals surface area contributed by atoms with Crippen molar-refractivity contribution < 1.29 is 8.78 Å². The third kappa shape index (κ3) is 3.55. The van der Waals surface area contributed by atoms with E-state index in [0.29, 0.717) is 0 Å². The SMILES string of the molecule is CC(Cc1ccc(F)cc1)Nc1cccc(F)c1. The molecule has 0 aromatic heterocycles. The van der Waals surface area contributed by atoms with Crippen LogP contribution in [-0.2, 0) is 6.42 Å². The summed E-state index contributed by atoms with van der Waals surface area (Å²) in [5.41, 5.74) is 1.80. The molecule has 0 saturated carbocycles. The van der Waals surface area contributed by atoms with E-state index in [1.165, 1.54) is 24.3 Å². The molecular formula is C15H15F2N. The average Bonchev–Trinajstić information content (AvgIpc) is 2.32. The molecule has 0 heterocycles. The van der Waals surface area contributed by atoms with Gasteiger partial charge in [0.25, 0.3) is 0 Å². The summed E-state index contributed by atoms with van der Waals surface area (Å²) in [5, 5.41) is 3.21. The van der Waals surface area contributed by atoms with Gasteiger partial charge in [-0.25, -0.2) is 8.78 Å². The molecule has 0 aliphatic carbocycles. The van der Waals surface area contributed by atoms with Crippen molar-refractivity contribution in [1.82, 2.24) is 0 Å². The van der Waals surface area contributed by atoms with Crippen molar-refractivity contribution in [3.63, 3.8) is 0 Å². The van der Waals surface area contributed by atoms with Crippen molar-refractivity contribution >= 4 is 5.69 Å². The molecule has 1 unspecified atom stereocenters. The summed E-state index contributed by atoms with van der Waals surface area (Å²) in [6.07, 6.45) is 0.761. The highest BCUT2D eigenvalue weighted by atomic mass is 19.1. The molecule has 0 aliphatic heterocycles. The molecule has 1 nitrogen and oxygen atoms in total. The van der Waals surface area contributed by atoms with E-state index in [0.717, 1.165) is 17.7 Å². The van der Waals surface area contributed by atoms with Crippen LogP contribution in [0.3, 0.4) is 0 Å².